The highest BCUT2D eigenvalue weighted by atomic mass is 35.5. The van der Waals surface area contributed by atoms with Gasteiger partial charge in [-0.05, 0) is 32.0 Å². The molecule has 2 rings (SSSR count). The van der Waals surface area contributed by atoms with Crippen LogP contribution in [0.5, 0.6) is 5.75 Å². The minimum atomic E-state index is 0.00167. The molecule has 1 aliphatic heterocycles. The summed E-state index contributed by atoms with van der Waals surface area (Å²) in [7, 11) is 1.77. The lowest BCUT2D eigenvalue weighted by atomic mass is 10.1. The molecule has 4 nitrogen and oxygen atoms in total. The van der Waals surface area contributed by atoms with Crippen molar-refractivity contribution in [2.75, 3.05) is 26.7 Å². The number of likely N-dealkylation sites (tertiary alicyclic amines) is 1. The predicted molar refractivity (Wildman–Crippen MR) is 80.6 cm³/mol. The number of halogens is 2. The van der Waals surface area contributed by atoms with Gasteiger partial charge in [-0.15, -0.1) is 0 Å². The standard InChI is InChI=1S/C14H18Cl2N2O2/c1-17-8-14(19)18-6-2-3-11(9-18)20-10-4-5-12(15)13(16)7-10/h4-5,7,11,17H,2-3,6,8-9H2,1H3. The van der Waals surface area contributed by atoms with Gasteiger partial charge in [0.15, 0.2) is 0 Å². The normalized spacial score (nSPS) is 18.9. The molecule has 1 saturated heterocycles. The first kappa shape index (κ1) is 15.4. The lowest BCUT2D eigenvalue weighted by Gasteiger charge is -2.33. The lowest BCUT2D eigenvalue weighted by molar-refractivity contribution is -0.132. The summed E-state index contributed by atoms with van der Waals surface area (Å²) in [4.78, 5) is 13.7. The molecule has 1 aliphatic rings. The molecule has 1 N–H and O–H groups in total. The summed E-state index contributed by atoms with van der Waals surface area (Å²) < 4.78 is 5.89. The van der Waals surface area contributed by atoms with Gasteiger partial charge in [0.05, 0.1) is 23.1 Å². The topological polar surface area (TPSA) is 41.6 Å². The van der Waals surface area contributed by atoms with Crippen LogP contribution in [0.2, 0.25) is 10.0 Å². The van der Waals surface area contributed by atoms with E-state index in [4.69, 9.17) is 27.9 Å². The minimum Gasteiger partial charge on any atom is -0.489 e. The first-order valence-electron chi connectivity index (χ1n) is 6.64. The van der Waals surface area contributed by atoms with Crippen molar-refractivity contribution in [1.29, 1.82) is 0 Å². The molecule has 1 amide bonds. The average Bonchev–Trinajstić information content (AvgIpc) is 2.43. The van der Waals surface area contributed by atoms with Gasteiger partial charge in [-0.1, -0.05) is 23.2 Å². The van der Waals surface area contributed by atoms with Crippen LogP contribution in [0.25, 0.3) is 0 Å². The Morgan fingerprint density at radius 3 is 2.95 bits per heavy atom. The molecule has 1 fully saturated rings. The van der Waals surface area contributed by atoms with Gasteiger partial charge in [-0.25, -0.2) is 0 Å². The Bertz CT molecular complexity index is 482. The molecule has 1 aromatic carbocycles. The molecule has 0 aliphatic carbocycles. The summed E-state index contributed by atoms with van der Waals surface area (Å²) in [5, 5.41) is 3.86. The molecular weight excluding hydrogens is 299 g/mol. The van der Waals surface area contributed by atoms with E-state index in [2.05, 4.69) is 5.32 Å². The number of rotatable bonds is 4. The van der Waals surface area contributed by atoms with Crippen LogP contribution < -0.4 is 10.1 Å². The van der Waals surface area contributed by atoms with Crippen LogP contribution in [-0.2, 0) is 4.79 Å². The SMILES string of the molecule is CNCC(=O)N1CCCC(Oc2ccc(Cl)c(Cl)c2)C1. The molecule has 0 radical (unpaired) electrons. The number of carbonyl (C=O) groups is 1. The maximum absolute atomic E-state index is 11.9. The van der Waals surface area contributed by atoms with E-state index in [9.17, 15) is 4.79 Å². The maximum atomic E-state index is 11.9. The Balaban J connectivity index is 1.95. The zero-order chi connectivity index (χ0) is 14.5. The number of likely N-dealkylation sites (N-methyl/N-ethyl adjacent to an activating group) is 1. The molecule has 6 heteroatoms. The summed E-state index contributed by atoms with van der Waals surface area (Å²) in [5.41, 5.74) is 0. The van der Waals surface area contributed by atoms with Gasteiger partial charge in [0.2, 0.25) is 5.91 Å². The summed E-state index contributed by atoms with van der Waals surface area (Å²) in [6, 6.07) is 5.22. The van der Waals surface area contributed by atoms with Gasteiger partial charge >= 0.3 is 0 Å². The fourth-order valence-corrected chi connectivity index (χ4v) is 2.55. The number of nitrogens with one attached hydrogen (secondary N) is 1. The van der Waals surface area contributed by atoms with Gasteiger partial charge in [-0.2, -0.15) is 0 Å². The lowest BCUT2D eigenvalue weighted by Crippen LogP contribution is -2.46. The van der Waals surface area contributed by atoms with Crippen LogP contribution >= 0.6 is 23.2 Å². The van der Waals surface area contributed by atoms with E-state index < -0.39 is 0 Å². The fourth-order valence-electron chi connectivity index (χ4n) is 2.27. The summed E-state index contributed by atoms with van der Waals surface area (Å²) in [5.74, 6) is 0.794. The van der Waals surface area contributed by atoms with Crippen LogP contribution in [0.15, 0.2) is 18.2 Å². The zero-order valence-corrected chi connectivity index (χ0v) is 12.9. The minimum absolute atomic E-state index is 0.00167. The molecule has 1 unspecified atom stereocenters. The maximum Gasteiger partial charge on any atom is 0.236 e. The Kier molecular flexibility index (Phi) is 5.52. The van der Waals surface area contributed by atoms with Crippen molar-refractivity contribution in [3.8, 4) is 5.75 Å². The van der Waals surface area contributed by atoms with Crippen molar-refractivity contribution in [3.63, 3.8) is 0 Å². The number of hydrogen-bond donors (Lipinski definition) is 1. The largest absolute Gasteiger partial charge is 0.489 e. The van der Waals surface area contributed by atoms with Crippen LogP contribution in [-0.4, -0.2) is 43.6 Å². The van der Waals surface area contributed by atoms with Gasteiger partial charge in [0.25, 0.3) is 0 Å². The van der Waals surface area contributed by atoms with Crippen molar-refractivity contribution in [2.45, 2.75) is 18.9 Å². The number of amides is 1. The van der Waals surface area contributed by atoms with E-state index in [1.165, 1.54) is 0 Å². The number of benzene rings is 1. The number of ether oxygens (including phenoxy) is 1. The summed E-state index contributed by atoms with van der Waals surface area (Å²) in [6.07, 6.45) is 1.88. The second-order valence-electron chi connectivity index (χ2n) is 4.83. The van der Waals surface area contributed by atoms with E-state index >= 15 is 0 Å². The third-order valence-electron chi connectivity index (χ3n) is 3.25. The first-order chi connectivity index (χ1) is 9.60. The Morgan fingerprint density at radius 1 is 1.45 bits per heavy atom. The zero-order valence-electron chi connectivity index (χ0n) is 11.4. The summed E-state index contributed by atoms with van der Waals surface area (Å²) >= 11 is 11.8. The monoisotopic (exact) mass is 316 g/mol. The van der Waals surface area contributed by atoms with Crippen LogP contribution in [0.4, 0.5) is 0 Å². The average molecular weight is 317 g/mol. The highest BCUT2D eigenvalue weighted by Gasteiger charge is 2.24. The molecule has 110 valence electrons. The van der Waals surface area contributed by atoms with Crippen molar-refractivity contribution in [1.82, 2.24) is 10.2 Å². The molecular formula is C14H18Cl2N2O2. The van der Waals surface area contributed by atoms with Crippen molar-refractivity contribution < 1.29 is 9.53 Å². The van der Waals surface area contributed by atoms with E-state index in [-0.39, 0.29) is 12.0 Å². The molecule has 1 heterocycles. The second kappa shape index (κ2) is 7.16. The number of nitrogens with zero attached hydrogens (tertiary/aromatic N) is 1. The van der Waals surface area contributed by atoms with Gasteiger partial charge in [0, 0.05) is 12.6 Å². The van der Waals surface area contributed by atoms with E-state index in [0.717, 1.165) is 19.4 Å². The molecule has 1 atom stereocenters. The molecule has 0 bridgehead atoms. The van der Waals surface area contributed by atoms with Crippen LogP contribution in [0.1, 0.15) is 12.8 Å². The molecule has 20 heavy (non-hydrogen) atoms. The van der Waals surface area contributed by atoms with E-state index in [1.807, 2.05) is 4.90 Å². The predicted octanol–water partition coefficient (Wildman–Crippen LogP) is 2.58. The van der Waals surface area contributed by atoms with Gasteiger partial charge < -0.3 is 15.0 Å². The highest BCUT2D eigenvalue weighted by molar-refractivity contribution is 6.42. The van der Waals surface area contributed by atoms with E-state index in [1.54, 1.807) is 25.2 Å². The second-order valence-corrected chi connectivity index (χ2v) is 5.64. The van der Waals surface area contributed by atoms with Gasteiger partial charge in [0.1, 0.15) is 11.9 Å². The van der Waals surface area contributed by atoms with Crippen molar-refractivity contribution >= 4 is 29.1 Å². The van der Waals surface area contributed by atoms with Crippen LogP contribution in [0.3, 0.4) is 0 Å². The fraction of sp³-hybridized carbons (Fsp3) is 0.500. The van der Waals surface area contributed by atoms with Gasteiger partial charge in [-0.3, -0.25) is 4.79 Å². The molecule has 0 saturated carbocycles. The molecule has 0 spiro atoms. The van der Waals surface area contributed by atoms with E-state index in [0.29, 0.717) is 28.9 Å². The first-order valence-corrected chi connectivity index (χ1v) is 7.40. The Labute approximate surface area is 129 Å². The smallest absolute Gasteiger partial charge is 0.236 e. The molecule has 1 aromatic rings. The van der Waals surface area contributed by atoms with Crippen LogP contribution in [0, 0.1) is 0 Å². The van der Waals surface area contributed by atoms with Crippen molar-refractivity contribution in [2.24, 2.45) is 0 Å². The Morgan fingerprint density at radius 2 is 2.25 bits per heavy atom. The Hall–Kier alpha value is -0.970. The number of hydrogen-bond acceptors (Lipinski definition) is 3. The third kappa shape index (κ3) is 4.01. The number of carbonyl (C=O) groups excluding carboxylic acids is 1. The third-order valence-corrected chi connectivity index (χ3v) is 3.99. The summed E-state index contributed by atoms with van der Waals surface area (Å²) in [6.45, 7) is 1.77. The quantitative estimate of drug-likeness (QED) is 0.928. The highest BCUT2D eigenvalue weighted by Crippen LogP contribution is 2.27. The van der Waals surface area contributed by atoms with Crippen molar-refractivity contribution in [3.05, 3.63) is 28.2 Å². The molecule has 0 aromatic heterocycles. The number of piperidine rings is 1.